The van der Waals surface area contributed by atoms with Crippen LogP contribution in [0.2, 0.25) is 0 Å². The first-order valence-electron chi connectivity index (χ1n) is 6.80. The Morgan fingerprint density at radius 2 is 1.79 bits per heavy atom. The Kier molecular flexibility index (Phi) is 2.78. The first-order valence-corrected chi connectivity index (χ1v) is 6.80. The van der Waals surface area contributed by atoms with Crippen LogP contribution >= 0.6 is 0 Å². The van der Waals surface area contributed by atoms with E-state index in [0.29, 0.717) is 12.2 Å². The van der Waals surface area contributed by atoms with Crippen molar-refractivity contribution in [1.82, 2.24) is 0 Å². The quantitative estimate of drug-likeness (QED) is 0.732. The van der Waals surface area contributed by atoms with Gasteiger partial charge >= 0.3 is 0 Å². The van der Waals surface area contributed by atoms with E-state index < -0.39 is 0 Å². The number of Topliss-reactive ketones (excluding diaryl/α,β-unsaturated/α-hetero) is 1. The van der Waals surface area contributed by atoms with Gasteiger partial charge in [-0.2, -0.15) is 0 Å². The Morgan fingerprint density at radius 3 is 2.53 bits per heavy atom. The van der Waals surface area contributed by atoms with E-state index in [0.717, 1.165) is 12.0 Å². The molecule has 0 heterocycles. The van der Waals surface area contributed by atoms with Gasteiger partial charge in [-0.15, -0.1) is 0 Å². The second-order valence-corrected chi connectivity index (χ2v) is 5.73. The number of hydrogen-bond donors (Lipinski definition) is 0. The highest BCUT2D eigenvalue weighted by Crippen LogP contribution is 2.36. The van der Waals surface area contributed by atoms with Gasteiger partial charge in [-0.3, -0.25) is 4.79 Å². The Hall–Kier alpha value is -1.89. The summed E-state index contributed by atoms with van der Waals surface area (Å²) in [7, 11) is 0. The summed E-state index contributed by atoms with van der Waals surface area (Å²) in [5.41, 5.74) is 2.20. The molecule has 0 saturated carbocycles. The van der Waals surface area contributed by atoms with Crippen LogP contribution in [0, 0.1) is 0 Å². The second-order valence-electron chi connectivity index (χ2n) is 5.73. The molecule has 96 valence electrons. The van der Waals surface area contributed by atoms with Crippen molar-refractivity contribution < 1.29 is 4.79 Å². The van der Waals surface area contributed by atoms with Crippen molar-refractivity contribution in [2.24, 2.45) is 0 Å². The molecule has 1 aliphatic carbocycles. The van der Waals surface area contributed by atoms with Gasteiger partial charge in [-0.25, -0.2) is 0 Å². The van der Waals surface area contributed by atoms with Crippen molar-refractivity contribution in [2.45, 2.75) is 32.1 Å². The monoisotopic (exact) mass is 250 g/mol. The molecule has 1 atom stereocenters. The lowest BCUT2D eigenvalue weighted by atomic mass is 9.72. The zero-order valence-corrected chi connectivity index (χ0v) is 11.4. The Labute approximate surface area is 113 Å². The summed E-state index contributed by atoms with van der Waals surface area (Å²) in [6.45, 7) is 4.16. The van der Waals surface area contributed by atoms with Crippen LogP contribution in [0.25, 0.3) is 10.8 Å². The summed E-state index contributed by atoms with van der Waals surface area (Å²) in [4.78, 5) is 11.7. The molecule has 0 aliphatic heterocycles. The molecule has 19 heavy (non-hydrogen) atoms. The molecule has 0 aromatic heterocycles. The van der Waals surface area contributed by atoms with Gasteiger partial charge in [-0.1, -0.05) is 55.5 Å². The summed E-state index contributed by atoms with van der Waals surface area (Å²) in [5.74, 6) is 0.290. The minimum atomic E-state index is -0.0119. The van der Waals surface area contributed by atoms with Gasteiger partial charge in [0.2, 0.25) is 0 Å². The molecule has 2 aromatic rings. The molecule has 3 rings (SSSR count). The van der Waals surface area contributed by atoms with E-state index in [-0.39, 0.29) is 5.41 Å². The van der Waals surface area contributed by atoms with Gasteiger partial charge in [0, 0.05) is 11.8 Å². The Morgan fingerprint density at radius 1 is 1.05 bits per heavy atom. The number of ketones is 1. The van der Waals surface area contributed by atoms with Crippen LogP contribution in [-0.4, -0.2) is 5.78 Å². The van der Waals surface area contributed by atoms with Crippen molar-refractivity contribution in [2.75, 3.05) is 0 Å². The lowest BCUT2D eigenvalue weighted by Gasteiger charge is -2.31. The molecule has 2 aromatic carbocycles. The SMILES string of the molecule is CC1=C[C@](C)(c2ccc3ccccc3c2)CCC1=O. The molecule has 0 radical (unpaired) electrons. The average molecular weight is 250 g/mol. The first-order chi connectivity index (χ1) is 9.08. The number of fused-ring (bicyclic) bond motifs is 1. The lowest BCUT2D eigenvalue weighted by Crippen LogP contribution is -2.26. The van der Waals surface area contributed by atoms with E-state index in [9.17, 15) is 4.79 Å². The molecule has 1 aliphatic rings. The average Bonchev–Trinajstić information content (AvgIpc) is 2.43. The lowest BCUT2D eigenvalue weighted by molar-refractivity contribution is -0.116. The number of rotatable bonds is 1. The number of carbonyl (C=O) groups excluding carboxylic acids is 1. The van der Waals surface area contributed by atoms with E-state index >= 15 is 0 Å². The summed E-state index contributed by atoms with van der Waals surface area (Å²) in [6, 6.07) is 15.0. The number of hydrogen-bond acceptors (Lipinski definition) is 1. The third-order valence-corrected chi connectivity index (χ3v) is 4.26. The second kappa shape index (κ2) is 4.34. The Bertz CT molecular complexity index is 681. The molecular formula is C18H18O. The fraction of sp³-hybridized carbons (Fsp3) is 0.278. The third kappa shape index (κ3) is 2.10. The fourth-order valence-electron chi connectivity index (χ4n) is 2.97. The summed E-state index contributed by atoms with van der Waals surface area (Å²) in [6.07, 6.45) is 3.70. The topological polar surface area (TPSA) is 17.1 Å². The fourth-order valence-corrected chi connectivity index (χ4v) is 2.97. The van der Waals surface area contributed by atoms with Crippen LogP contribution in [0.3, 0.4) is 0 Å². The number of allylic oxidation sites excluding steroid dienone is 2. The van der Waals surface area contributed by atoms with Crippen LogP contribution in [-0.2, 0) is 10.2 Å². The van der Waals surface area contributed by atoms with Gasteiger partial charge in [0.15, 0.2) is 5.78 Å². The largest absolute Gasteiger partial charge is 0.295 e. The molecule has 0 N–H and O–H groups in total. The van der Waals surface area contributed by atoms with Crippen molar-refractivity contribution in [3.05, 3.63) is 59.7 Å². The molecule has 0 bridgehead atoms. The molecule has 0 saturated heterocycles. The number of benzene rings is 2. The van der Waals surface area contributed by atoms with Gasteiger partial charge in [-0.05, 0) is 35.3 Å². The van der Waals surface area contributed by atoms with Gasteiger partial charge < -0.3 is 0 Å². The van der Waals surface area contributed by atoms with Crippen molar-refractivity contribution in [1.29, 1.82) is 0 Å². The van der Waals surface area contributed by atoms with Crippen molar-refractivity contribution in [3.8, 4) is 0 Å². The van der Waals surface area contributed by atoms with Crippen LogP contribution in [0.15, 0.2) is 54.1 Å². The Balaban J connectivity index is 2.11. The molecule has 1 nitrogen and oxygen atoms in total. The maximum atomic E-state index is 11.7. The maximum Gasteiger partial charge on any atom is 0.158 e. The highest BCUT2D eigenvalue weighted by molar-refractivity contribution is 5.96. The van der Waals surface area contributed by atoms with Crippen LogP contribution < -0.4 is 0 Å². The highest BCUT2D eigenvalue weighted by atomic mass is 16.1. The standard InChI is InChI=1S/C18H18O/c1-13-12-18(2,10-9-17(13)19)16-8-7-14-5-3-4-6-15(14)11-16/h3-8,11-12H,9-10H2,1-2H3/t18-/m1/s1. The number of carbonyl (C=O) groups is 1. The predicted octanol–water partition coefficient (Wildman–Crippen LogP) is 4.41. The minimum absolute atomic E-state index is 0.0119. The molecular weight excluding hydrogens is 232 g/mol. The summed E-state index contributed by atoms with van der Waals surface area (Å²) < 4.78 is 0. The van der Waals surface area contributed by atoms with Gasteiger partial charge in [0.1, 0.15) is 0 Å². The smallest absolute Gasteiger partial charge is 0.158 e. The van der Waals surface area contributed by atoms with E-state index in [4.69, 9.17) is 0 Å². The van der Waals surface area contributed by atoms with E-state index in [1.807, 2.05) is 6.92 Å². The zero-order chi connectivity index (χ0) is 13.5. The van der Waals surface area contributed by atoms with Crippen LogP contribution in [0.1, 0.15) is 32.3 Å². The van der Waals surface area contributed by atoms with Crippen LogP contribution in [0.5, 0.6) is 0 Å². The third-order valence-electron chi connectivity index (χ3n) is 4.26. The summed E-state index contributed by atoms with van der Waals surface area (Å²) >= 11 is 0. The van der Waals surface area contributed by atoms with E-state index in [2.05, 4.69) is 55.5 Å². The van der Waals surface area contributed by atoms with Gasteiger partial charge in [0.05, 0.1) is 0 Å². The maximum absolute atomic E-state index is 11.7. The zero-order valence-electron chi connectivity index (χ0n) is 11.4. The molecule has 0 spiro atoms. The molecule has 0 unspecified atom stereocenters. The van der Waals surface area contributed by atoms with Crippen LogP contribution in [0.4, 0.5) is 0 Å². The molecule has 0 fully saturated rings. The predicted molar refractivity (Wildman–Crippen MR) is 79.3 cm³/mol. The van der Waals surface area contributed by atoms with E-state index in [1.165, 1.54) is 16.3 Å². The van der Waals surface area contributed by atoms with E-state index in [1.54, 1.807) is 0 Å². The first kappa shape index (κ1) is 12.2. The molecule has 0 amide bonds. The summed E-state index contributed by atoms with van der Waals surface area (Å²) in [5, 5.41) is 2.53. The minimum Gasteiger partial charge on any atom is -0.295 e. The molecule has 1 heteroatoms. The highest BCUT2D eigenvalue weighted by Gasteiger charge is 2.30. The normalized spacial score (nSPS) is 23.5. The van der Waals surface area contributed by atoms with Crippen molar-refractivity contribution in [3.63, 3.8) is 0 Å². The van der Waals surface area contributed by atoms with Crippen molar-refractivity contribution >= 4 is 16.6 Å². The van der Waals surface area contributed by atoms with Gasteiger partial charge in [0.25, 0.3) is 0 Å².